The first-order valence-corrected chi connectivity index (χ1v) is 5.53. The van der Waals surface area contributed by atoms with E-state index >= 15 is 0 Å². The maximum Gasteiger partial charge on any atom is 0.0197 e. The maximum absolute atomic E-state index is 2.49. The first-order valence-electron chi connectivity index (χ1n) is 4.45. The Morgan fingerprint density at radius 1 is 1.17 bits per heavy atom. The second-order valence-electron chi connectivity index (χ2n) is 3.70. The molecule has 0 nitrogen and oxygen atoms in total. The molecule has 0 aromatic heterocycles. The van der Waals surface area contributed by atoms with Crippen LogP contribution in [0.25, 0.3) is 0 Å². The van der Waals surface area contributed by atoms with Crippen molar-refractivity contribution in [3.8, 4) is 0 Å². The molecule has 0 amide bonds. The van der Waals surface area contributed by atoms with Gasteiger partial charge in [-0.25, -0.2) is 0 Å². The van der Waals surface area contributed by atoms with Crippen LogP contribution in [0.1, 0.15) is 35.4 Å². The number of halogens is 1. The van der Waals surface area contributed by atoms with Crippen molar-refractivity contribution in [1.82, 2.24) is 0 Å². The van der Waals surface area contributed by atoms with E-state index in [1.807, 2.05) is 0 Å². The molecular weight excluding hydrogens is 259 g/mol. The lowest BCUT2D eigenvalue weighted by molar-refractivity contribution is 1.07. The standard InChI is InChI=1S/C11H13I/c1-7-3-4-8(2)11(12)10(7)9-5-6-9/h3-4,9H,5-6H2,1-2H3. The van der Waals surface area contributed by atoms with Crippen molar-refractivity contribution in [2.24, 2.45) is 0 Å². The second kappa shape index (κ2) is 3.02. The monoisotopic (exact) mass is 272 g/mol. The van der Waals surface area contributed by atoms with Crippen LogP contribution < -0.4 is 0 Å². The Hall–Kier alpha value is -0.0500. The first-order chi connectivity index (χ1) is 5.70. The van der Waals surface area contributed by atoms with E-state index in [0.29, 0.717) is 0 Å². The van der Waals surface area contributed by atoms with Gasteiger partial charge in [0.15, 0.2) is 0 Å². The minimum absolute atomic E-state index is 0.886. The third-order valence-corrected chi connectivity index (χ3v) is 4.01. The van der Waals surface area contributed by atoms with Gasteiger partial charge < -0.3 is 0 Å². The lowest BCUT2D eigenvalue weighted by Crippen LogP contribution is -1.93. The molecule has 0 spiro atoms. The molecule has 0 radical (unpaired) electrons. The van der Waals surface area contributed by atoms with Gasteiger partial charge in [-0.2, -0.15) is 0 Å². The largest absolute Gasteiger partial charge is 0.0587 e. The van der Waals surface area contributed by atoms with Gasteiger partial charge in [0.2, 0.25) is 0 Å². The number of aryl methyl sites for hydroxylation is 2. The van der Waals surface area contributed by atoms with Crippen LogP contribution in [0.2, 0.25) is 0 Å². The molecule has 1 heteroatoms. The number of hydrogen-bond donors (Lipinski definition) is 0. The minimum atomic E-state index is 0.886. The summed E-state index contributed by atoms with van der Waals surface area (Å²) in [5.74, 6) is 0.886. The van der Waals surface area contributed by atoms with Crippen molar-refractivity contribution in [3.05, 3.63) is 32.4 Å². The van der Waals surface area contributed by atoms with Crippen molar-refractivity contribution in [3.63, 3.8) is 0 Å². The molecule has 2 rings (SSSR count). The van der Waals surface area contributed by atoms with Crippen molar-refractivity contribution in [2.75, 3.05) is 0 Å². The molecule has 12 heavy (non-hydrogen) atoms. The molecular formula is C11H13I. The molecule has 0 saturated heterocycles. The number of rotatable bonds is 1. The van der Waals surface area contributed by atoms with Crippen molar-refractivity contribution < 1.29 is 0 Å². The van der Waals surface area contributed by atoms with E-state index in [-0.39, 0.29) is 0 Å². The average molecular weight is 272 g/mol. The lowest BCUT2D eigenvalue weighted by atomic mass is 10.0. The van der Waals surface area contributed by atoms with Crippen LogP contribution >= 0.6 is 22.6 Å². The predicted molar refractivity (Wildman–Crippen MR) is 60.6 cm³/mol. The molecule has 0 atom stereocenters. The summed E-state index contributed by atoms with van der Waals surface area (Å²) in [4.78, 5) is 0. The summed E-state index contributed by atoms with van der Waals surface area (Å²) < 4.78 is 1.50. The summed E-state index contributed by atoms with van der Waals surface area (Å²) in [6.45, 7) is 4.43. The Morgan fingerprint density at radius 3 is 2.33 bits per heavy atom. The topological polar surface area (TPSA) is 0 Å². The second-order valence-corrected chi connectivity index (χ2v) is 4.78. The zero-order valence-electron chi connectivity index (χ0n) is 7.52. The van der Waals surface area contributed by atoms with Crippen LogP contribution in [0, 0.1) is 17.4 Å². The van der Waals surface area contributed by atoms with Gasteiger partial charge in [0.1, 0.15) is 0 Å². The van der Waals surface area contributed by atoms with E-state index in [1.54, 1.807) is 5.56 Å². The third kappa shape index (κ3) is 1.39. The Kier molecular flexibility index (Phi) is 2.15. The first kappa shape index (κ1) is 8.54. The summed E-state index contributed by atoms with van der Waals surface area (Å²) in [7, 11) is 0. The molecule has 0 N–H and O–H groups in total. The fourth-order valence-corrected chi connectivity index (χ4v) is 2.72. The van der Waals surface area contributed by atoms with Crippen LogP contribution in [-0.4, -0.2) is 0 Å². The van der Waals surface area contributed by atoms with Gasteiger partial charge in [-0.3, -0.25) is 0 Å². The van der Waals surface area contributed by atoms with E-state index in [9.17, 15) is 0 Å². The van der Waals surface area contributed by atoms with Crippen molar-refractivity contribution >= 4 is 22.6 Å². The van der Waals surface area contributed by atoms with Crippen LogP contribution in [-0.2, 0) is 0 Å². The molecule has 0 bridgehead atoms. The summed E-state index contributed by atoms with van der Waals surface area (Å²) in [5.41, 5.74) is 4.53. The molecule has 1 fully saturated rings. The molecule has 0 heterocycles. The maximum atomic E-state index is 2.49. The highest BCUT2D eigenvalue weighted by Gasteiger charge is 2.27. The zero-order chi connectivity index (χ0) is 8.72. The van der Waals surface area contributed by atoms with Gasteiger partial charge in [-0.05, 0) is 71.9 Å². The van der Waals surface area contributed by atoms with Crippen LogP contribution in [0.4, 0.5) is 0 Å². The third-order valence-electron chi connectivity index (χ3n) is 2.58. The van der Waals surface area contributed by atoms with E-state index in [0.717, 1.165) is 5.92 Å². The highest BCUT2D eigenvalue weighted by Crippen LogP contribution is 2.44. The Labute approximate surface area is 87.5 Å². The average Bonchev–Trinajstić information content (AvgIpc) is 2.81. The molecule has 1 aromatic rings. The summed E-state index contributed by atoms with van der Waals surface area (Å²) in [6.07, 6.45) is 2.81. The Bertz CT molecular complexity index is 311. The van der Waals surface area contributed by atoms with Gasteiger partial charge in [-0.1, -0.05) is 12.1 Å². The highest BCUT2D eigenvalue weighted by atomic mass is 127. The number of hydrogen-bond acceptors (Lipinski definition) is 0. The van der Waals surface area contributed by atoms with Gasteiger partial charge in [0, 0.05) is 3.57 Å². The van der Waals surface area contributed by atoms with E-state index in [2.05, 4.69) is 48.6 Å². The van der Waals surface area contributed by atoms with Crippen LogP contribution in [0.5, 0.6) is 0 Å². The van der Waals surface area contributed by atoms with Gasteiger partial charge in [0.05, 0.1) is 0 Å². The molecule has 1 aromatic carbocycles. The lowest BCUT2D eigenvalue weighted by Gasteiger charge is -2.09. The Balaban J connectivity index is 2.55. The molecule has 1 aliphatic carbocycles. The van der Waals surface area contributed by atoms with Crippen LogP contribution in [0.15, 0.2) is 12.1 Å². The minimum Gasteiger partial charge on any atom is -0.0587 e. The van der Waals surface area contributed by atoms with E-state index < -0.39 is 0 Å². The predicted octanol–water partition coefficient (Wildman–Crippen LogP) is 3.79. The smallest absolute Gasteiger partial charge is 0.0197 e. The fraction of sp³-hybridized carbons (Fsp3) is 0.455. The van der Waals surface area contributed by atoms with Gasteiger partial charge in [-0.15, -0.1) is 0 Å². The van der Waals surface area contributed by atoms with Crippen molar-refractivity contribution in [2.45, 2.75) is 32.6 Å². The van der Waals surface area contributed by atoms with E-state index in [4.69, 9.17) is 0 Å². The molecule has 64 valence electrons. The SMILES string of the molecule is Cc1ccc(C)c(C2CC2)c1I. The van der Waals surface area contributed by atoms with E-state index in [1.165, 1.54) is 27.5 Å². The summed E-state index contributed by atoms with van der Waals surface area (Å²) in [6, 6.07) is 4.48. The summed E-state index contributed by atoms with van der Waals surface area (Å²) in [5, 5.41) is 0. The number of benzene rings is 1. The normalized spacial score (nSPS) is 16.6. The molecule has 0 aliphatic heterocycles. The zero-order valence-corrected chi connectivity index (χ0v) is 9.68. The van der Waals surface area contributed by atoms with Crippen molar-refractivity contribution in [1.29, 1.82) is 0 Å². The molecule has 1 aliphatic rings. The van der Waals surface area contributed by atoms with Crippen LogP contribution in [0.3, 0.4) is 0 Å². The quantitative estimate of drug-likeness (QED) is 0.682. The van der Waals surface area contributed by atoms with Gasteiger partial charge in [0.25, 0.3) is 0 Å². The highest BCUT2D eigenvalue weighted by molar-refractivity contribution is 14.1. The molecule has 0 unspecified atom stereocenters. The fourth-order valence-electron chi connectivity index (χ4n) is 1.67. The van der Waals surface area contributed by atoms with Gasteiger partial charge >= 0.3 is 0 Å². The summed E-state index contributed by atoms with van der Waals surface area (Å²) >= 11 is 2.49. The molecule has 1 saturated carbocycles. The Morgan fingerprint density at radius 2 is 1.75 bits per heavy atom.